The van der Waals surface area contributed by atoms with Gasteiger partial charge in [-0.1, -0.05) is 6.07 Å². The van der Waals surface area contributed by atoms with E-state index in [1.807, 2.05) is 6.92 Å². The van der Waals surface area contributed by atoms with E-state index in [1.54, 1.807) is 12.1 Å². The molecule has 0 aliphatic carbocycles. The quantitative estimate of drug-likeness (QED) is 0.389. The first-order valence-electron chi connectivity index (χ1n) is 7.10. The summed E-state index contributed by atoms with van der Waals surface area (Å²) in [5.74, 6) is 0.452. The monoisotopic (exact) mass is 316 g/mol. The van der Waals surface area contributed by atoms with Gasteiger partial charge in [0.1, 0.15) is 0 Å². The summed E-state index contributed by atoms with van der Waals surface area (Å²) in [6, 6.07) is 4.91. The number of hydrogen-bond acceptors (Lipinski definition) is 4. The van der Waals surface area contributed by atoms with Crippen LogP contribution in [0.25, 0.3) is 0 Å². The minimum absolute atomic E-state index is 0.149. The van der Waals surface area contributed by atoms with Gasteiger partial charge in [0.25, 0.3) is 6.43 Å². The SMILES string of the molecule is CCOCCCNC(N)=NCc1cccc(OCC(F)F)n1. The van der Waals surface area contributed by atoms with Gasteiger partial charge in [-0.25, -0.2) is 18.8 Å². The van der Waals surface area contributed by atoms with Gasteiger partial charge < -0.3 is 20.5 Å². The van der Waals surface area contributed by atoms with Crippen LogP contribution in [0.4, 0.5) is 8.78 Å². The second-order valence-corrected chi connectivity index (χ2v) is 4.35. The van der Waals surface area contributed by atoms with Crippen LogP contribution in [0.1, 0.15) is 19.0 Å². The van der Waals surface area contributed by atoms with Crippen molar-refractivity contribution < 1.29 is 18.3 Å². The Balaban J connectivity index is 2.35. The molecule has 1 aromatic rings. The molecule has 0 radical (unpaired) electrons. The maximum Gasteiger partial charge on any atom is 0.272 e. The van der Waals surface area contributed by atoms with Crippen molar-refractivity contribution in [2.75, 3.05) is 26.4 Å². The molecule has 22 heavy (non-hydrogen) atoms. The standard InChI is InChI=1S/C14H22F2N4O2/c1-2-21-8-4-7-18-14(17)19-9-11-5-3-6-13(20-11)22-10-12(15)16/h3,5-6,12H,2,4,7-10H2,1H3,(H3,17,18,19). The molecule has 6 nitrogen and oxygen atoms in total. The Bertz CT molecular complexity index is 458. The summed E-state index contributed by atoms with van der Waals surface area (Å²) >= 11 is 0. The lowest BCUT2D eigenvalue weighted by molar-refractivity contribution is 0.0795. The molecule has 0 unspecified atom stereocenters. The van der Waals surface area contributed by atoms with Crippen molar-refractivity contribution in [3.05, 3.63) is 23.9 Å². The molecule has 0 aromatic carbocycles. The van der Waals surface area contributed by atoms with Crippen molar-refractivity contribution in [1.29, 1.82) is 0 Å². The lowest BCUT2D eigenvalue weighted by Crippen LogP contribution is -2.32. The van der Waals surface area contributed by atoms with E-state index in [2.05, 4.69) is 15.3 Å². The highest BCUT2D eigenvalue weighted by atomic mass is 19.3. The van der Waals surface area contributed by atoms with Gasteiger partial charge in [0, 0.05) is 25.8 Å². The van der Waals surface area contributed by atoms with Gasteiger partial charge in [0.05, 0.1) is 12.2 Å². The van der Waals surface area contributed by atoms with Crippen molar-refractivity contribution in [1.82, 2.24) is 10.3 Å². The zero-order valence-corrected chi connectivity index (χ0v) is 12.6. The van der Waals surface area contributed by atoms with E-state index in [-0.39, 0.29) is 12.4 Å². The Labute approximate surface area is 128 Å². The molecule has 0 aliphatic rings. The summed E-state index contributed by atoms with van der Waals surface area (Å²) in [5, 5.41) is 2.96. The third kappa shape index (κ3) is 8.35. The van der Waals surface area contributed by atoms with Crippen molar-refractivity contribution in [3.63, 3.8) is 0 Å². The molecule has 0 bridgehead atoms. The zero-order valence-electron chi connectivity index (χ0n) is 12.6. The smallest absolute Gasteiger partial charge is 0.272 e. The fourth-order valence-electron chi connectivity index (χ4n) is 1.53. The number of nitrogens with one attached hydrogen (secondary N) is 1. The molecular formula is C14H22F2N4O2. The molecule has 0 aliphatic heterocycles. The highest BCUT2D eigenvalue weighted by molar-refractivity contribution is 5.77. The van der Waals surface area contributed by atoms with Crippen LogP contribution >= 0.6 is 0 Å². The van der Waals surface area contributed by atoms with E-state index in [1.165, 1.54) is 6.07 Å². The number of nitrogens with two attached hydrogens (primary N) is 1. The van der Waals surface area contributed by atoms with Crippen LogP contribution in [0, 0.1) is 0 Å². The number of guanidine groups is 1. The fraction of sp³-hybridized carbons (Fsp3) is 0.571. The van der Waals surface area contributed by atoms with Gasteiger partial charge in [-0.3, -0.25) is 0 Å². The minimum atomic E-state index is -2.53. The van der Waals surface area contributed by atoms with Crippen LogP contribution < -0.4 is 15.8 Å². The summed E-state index contributed by atoms with van der Waals surface area (Å²) in [6.45, 7) is 3.54. The second-order valence-electron chi connectivity index (χ2n) is 4.35. The van der Waals surface area contributed by atoms with Crippen LogP contribution in [0.2, 0.25) is 0 Å². The number of pyridine rings is 1. The summed E-state index contributed by atoms with van der Waals surface area (Å²) in [5.41, 5.74) is 6.30. The Morgan fingerprint density at radius 3 is 3.00 bits per heavy atom. The molecule has 1 aromatic heterocycles. The highest BCUT2D eigenvalue weighted by Crippen LogP contribution is 2.09. The van der Waals surface area contributed by atoms with E-state index in [0.717, 1.165) is 6.42 Å². The van der Waals surface area contributed by atoms with Gasteiger partial charge in [0.2, 0.25) is 5.88 Å². The van der Waals surface area contributed by atoms with E-state index < -0.39 is 13.0 Å². The van der Waals surface area contributed by atoms with E-state index in [4.69, 9.17) is 15.2 Å². The molecular weight excluding hydrogens is 294 g/mol. The fourth-order valence-corrected chi connectivity index (χ4v) is 1.53. The third-order valence-corrected chi connectivity index (χ3v) is 2.53. The van der Waals surface area contributed by atoms with Crippen LogP contribution in [0.5, 0.6) is 5.88 Å². The topological polar surface area (TPSA) is 81.8 Å². The molecule has 0 amide bonds. The molecule has 0 fully saturated rings. The molecule has 124 valence electrons. The van der Waals surface area contributed by atoms with Gasteiger partial charge in [-0.15, -0.1) is 0 Å². The Hall–Kier alpha value is -1.96. The molecule has 8 heteroatoms. The van der Waals surface area contributed by atoms with Gasteiger partial charge in [-0.2, -0.15) is 0 Å². The molecule has 3 N–H and O–H groups in total. The lowest BCUT2D eigenvalue weighted by atomic mass is 10.3. The maximum absolute atomic E-state index is 12.1. The highest BCUT2D eigenvalue weighted by Gasteiger charge is 2.05. The number of hydrogen-bond donors (Lipinski definition) is 2. The van der Waals surface area contributed by atoms with Gasteiger partial charge in [-0.05, 0) is 19.4 Å². The van der Waals surface area contributed by atoms with Gasteiger partial charge in [0.15, 0.2) is 12.6 Å². The average Bonchev–Trinajstić information content (AvgIpc) is 2.51. The number of rotatable bonds is 10. The summed E-state index contributed by atoms with van der Waals surface area (Å²) in [7, 11) is 0. The first-order valence-corrected chi connectivity index (χ1v) is 7.10. The van der Waals surface area contributed by atoms with Gasteiger partial charge >= 0.3 is 0 Å². The van der Waals surface area contributed by atoms with Crippen molar-refractivity contribution in [2.45, 2.75) is 26.3 Å². The van der Waals surface area contributed by atoms with Crippen molar-refractivity contribution in [3.8, 4) is 5.88 Å². The van der Waals surface area contributed by atoms with Crippen LogP contribution in [-0.2, 0) is 11.3 Å². The average molecular weight is 316 g/mol. The second kappa shape index (κ2) is 10.7. The molecule has 0 atom stereocenters. The molecule has 0 saturated heterocycles. The van der Waals surface area contributed by atoms with E-state index in [9.17, 15) is 8.78 Å². The summed E-state index contributed by atoms with van der Waals surface area (Å²) in [6.07, 6.45) is -1.70. The van der Waals surface area contributed by atoms with Crippen LogP contribution in [0.15, 0.2) is 23.2 Å². The third-order valence-electron chi connectivity index (χ3n) is 2.53. The lowest BCUT2D eigenvalue weighted by Gasteiger charge is -2.07. The first kappa shape index (κ1) is 18.1. The van der Waals surface area contributed by atoms with E-state index in [0.29, 0.717) is 31.4 Å². The molecule has 0 spiro atoms. The number of aromatic nitrogens is 1. The predicted molar refractivity (Wildman–Crippen MR) is 80.2 cm³/mol. The number of ether oxygens (including phenoxy) is 2. The minimum Gasteiger partial charge on any atom is -0.472 e. The Kier molecular flexibility index (Phi) is 8.82. The van der Waals surface area contributed by atoms with E-state index >= 15 is 0 Å². The van der Waals surface area contributed by atoms with Crippen LogP contribution in [0.3, 0.4) is 0 Å². The zero-order chi connectivity index (χ0) is 16.2. The Morgan fingerprint density at radius 1 is 1.45 bits per heavy atom. The molecule has 1 heterocycles. The summed E-state index contributed by atoms with van der Waals surface area (Å²) in [4.78, 5) is 8.20. The Morgan fingerprint density at radius 2 is 2.27 bits per heavy atom. The molecule has 0 saturated carbocycles. The van der Waals surface area contributed by atoms with Crippen molar-refractivity contribution in [2.24, 2.45) is 10.7 Å². The maximum atomic E-state index is 12.1. The number of nitrogens with zero attached hydrogens (tertiary/aromatic N) is 2. The summed E-state index contributed by atoms with van der Waals surface area (Å²) < 4.78 is 34.2. The normalized spacial score (nSPS) is 11.7. The van der Waals surface area contributed by atoms with Crippen LogP contribution in [-0.4, -0.2) is 43.7 Å². The molecule has 1 rings (SSSR count). The predicted octanol–water partition coefficient (Wildman–Crippen LogP) is 1.56. The number of halogens is 2. The number of alkyl halides is 2. The first-order chi connectivity index (χ1) is 10.6. The van der Waals surface area contributed by atoms with Crippen molar-refractivity contribution >= 4 is 5.96 Å². The number of aliphatic imine (C=N–C) groups is 1. The largest absolute Gasteiger partial charge is 0.472 e.